The molecule has 2 atom stereocenters. The molecular formula is C15H28ClN3. The van der Waals surface area contributed by atoms with Gasteiger partial charge in [0.15, 0.2) is 0 Å². The van der Waals surface area contributed by atoms with Crippen molar-refractivity contribution in [2.45, 2.75) is 53.1 Å². The van der Waals surface area contributed by atoms with Crippen molar-refractivity contribution in [3.05, 3.63) is 23.4 Å². The van der Waals surface area contributed by atoms with Crippen LogP contribution in [0, 0.1) is 0 Å². The fourth-order valence-corrected chi connectivity index (χ4v) is 2.08. The Morgan fingerprint density at radius 3 is 2.32 bits per heavy atom. The van der Waals surface area contributed by atoms with E-state index in [1.54, 1.807) is 6.20 Å². The molecule has 1 aromatic heterocycles. The van der Waals surface area contributed by atoms with Crippen LogP contribution in [0.2, 0.25) is 5.02 Å². The Morgan fingerprint density at radius 2 is 1.89 bits per heavy atom. The van der Waals surface area contributed by atoms with E-state index in [2.05, 4.69) is 29.2 Å². The average Bonchev–Trinajstić information content (AvgIpc) is 2.76. The number of hydrogen-bond donors (Lipinski definition) is 1. The van der Waals surface area contributed by atoms with Crippen molar-refractivity contribution in [2.75, 3.05) is 18.9 Å². The molecule has 0 spiro atoms. The van der Waals surface area contributed by atoms with Crippen molar-refractivity contribution in [2.24, 2.45) is 0 Å². The van der Waals surface area contributed by atoms with Gasteiger partial charge in [0, 0.05) is 24.8 Å². The molecule has 2 unspecified atom stereocenters. The van der Waals surface area contributed by atoms with E-state index in [1.165, 1.54) is 6.42 Å². The normalized spacial score (nSPS) is 21.8. The lowest BCUT2D eigenvalue weighted by Gasteiger charge is -2.13. The zero-order valence-corrected chi connectivity index (χ0v) is 13.8. The first-order valence-corrected chi connectivity index (χ1v) is 7.61. The van der Waals surface area contributed by atoms with Gasteiger partial charge in [0.2, 0.25) is 0 Å². The van der Waals surface area contributed by atoms with Crippen LogP contribution >= 0.6 is 11.6 Å². The lowest BCUT2D eigenvalue weighted by Crippen LogP contribution is -2.25. The van der Waals surface area contributed by atoms with Gasteiger partial charge in [0.25, 0.3) is 0 Å². The lowest BCUT2D eigenvalue weighted by atomic mass is 10.2. The Hall–Kier alpha value is -0.800. The molecule has 1 fully saturated rings. The van der Waals surface area contributed by atoms with Crippen LogP contribution in [0.5, 0.6) is 0 Å². The molecule has 0 saturated carbocycles. The first kappa shape index (κ1) is 18.2. The minimum Gasteiger partial charge on any atom is -0.366 e. The molecule has 0 bridgehead atoms. The summed E-state index contributed by atoms with van der Waals surface area (Å²) in [5.41, 5.74) is 0. The van der Waals surface area contributed by atoms with Gasteiger partial charge in [0.05, 0.1) is 5.02 Å². The summed E-state index contributed by atoms with van der Waals surface area (Å²) in [4.78, 5) is 6.59. The molecule has 1 saturated heterocycles. The zero-order valence-electron chi connectivity index (χ0n) is 13.1. The maximum absolute atomic E-state index is 5.78. The summed E-state index contributed by atoms with van der Waals surface area (Å²) in [6.45, 7) is 11.3. The monoisotopic (exact) mass is 285 g/mol. The highest BCUT2D eigenvalue weighted by Crippen LogP contribution is 2.19. The summed E-state index contributed by atoms with van der Waals surface area (Å²) in [5, 5.41) is 4.10. The molecule has 0 amide bonds. The molecule has 4 heteroatoms. The van der Waals surface area contributed by atoms with E-state index < -0.39 is 0 Å². The van der Waals surface area contributed by atoms with Crippen LogP contribution in [0.15, 0.2) is 18.3 Å². The van der Waals surface area contributed by atoms with Crippen molar-refractivity contribution >= 4 is 17.4 Å². The van der Waals surface area contributed by atoms with E-state index in [0.717, 1.165) is 12.4 Å². The van der Waals surface area contributed by atoms with E-state index in [1.807, 2.05) is 39.8 Å². The molecule has 3 nitrogen and oxygen atoms in total. The second-order valence-corrected chi connectivity index (χ2v) is 4.66. The molecule has 0 radical (unpaired) electrons. The van der Waals surface area contributed by atoms with Gasteiger partial charge < -0.3 is 10.2 Å². The first-order chi connectivity index (χ1) is 9.15. The van der Waals surface area contributed by atoms with Crippen LogP contribution in [0.3, 0.4) is 0 Å². The number of halogens is 1. The van der Waals surface area contributed by atoms with E-state index in [9.17, 15) is 0 Å². The number of rotatable bonds is 2. The van der Waals surface area contributed by atoms with Crippen LogP contribution in [0.25, 0.3) is 0 Å². The number of likely N-dealkylation sites (N-methyl/N-ethyl adjacent to an activating group) is 1. The van der Waals surface area contributed by atoms with Crippen LogP contribution < -0.4 is 5.32 Å². The third-order valence-corrected chi connectivity index (χ3v) is 3.19. The number of pyridine rings is 1. The fraction of sp³-hybridized carbons (Fsp3) is 0.667. The van der Waals surface area contributed by atoms with Crippen LogP contribution in [0.1, 0.15) is 41.0 Å². The summed E-state index contributed by atoms with van der Waals surface area (Å²) in [5.74, 6) is 0.909. The van der Waals surface area contributed by atoms with Gasteiger partial charge in [-0.1, -0.05) is 39.3 Å². The van der Waals surface area contributed by atoms with Crippen molar-refractivity contribution in [3.8, 4) is 0 Å². The van der Waals surface area contributed by atoms with Crippen molar-refractivity contribution in [1.29, 1.82) is 0 Å². The molecule has 2 rings (SSSR count). The summed E-state index contributed by atoms with van der Waals surface area (Å²) >= 11 is 5.78. The minimum atomic E-state index is 0.499. The SMILES string of the molecule is CC.CC.CC1CC(Nc2ccc(Cl)cn2)CN1C. The highest BCUT2D eigenvalue weighted by atomic mass is 35.5. The second kappa shape index (κ2) is 10.0. The molecule has 1 aliphatic heterocycles. The van der Waals surface area contributed by atoms with Gasteiger partial charge in [-0.05, 0) is 32.5 Å². The zero-order chi connectivity index (χ0) is 14.8. The summed E-state index contributed by atoms with van der Waals surface area (Å²) in [6.07, 6.45) is 2.84. The van der Waals surface area contributed by atoms with E-state index in [4.69, 9.17) is 11.6 Å². The molecule has 2 heterocycles. The smallest absolute Gasteiger partial charge is 0.126 e. The topological polar surface area (TPSA) is 28.2 Å². The highest BCUT2D eigenvalue weighted by molar-refractivity contribution is 6.30. The second-order valence-electron chi connectivity index (χ2n) is 4.23. The molecule has 0 aromatic carbocycles. The van der Waals surface area contributed by atoms with Gasteiger partial charge in [-0.15, -0.1) is 0 Å². The van der Waals surface area contributed by atoms with Crippen molar-refractivity contribution in [1.82, 2.24) is 9.88 Å². The molecule has 110 valence electrons. The maximum Gasteiger partial charge on any atom is 0.126 e. The van der Waals surface area contributed by atoms with Crippen LogP contribution in [0.4, 0.5) is 5.82 Å². The van der Waals surface area contributed by atoms with E-state index in [0.29, 0.717) is 17.1 Å². The molecule has 1 aromatic rings. The molecule has 0 aliphatic carbocycles. The Kier molecular flexibility index (Phi) is 9.62. The predicted molar refractivity (Wildman–Crippen MR) is 86.1 cm³/mol. The Balaban J connectivity index is 0.000000741. The third-order valence-electron chi connectivity index (χ3n) is 2.97. The molecule has 19 heavy (non-hydrogen) atoms. The molecular weight excluding hydrogens is 258 g/mol. The average molecular weight is 286 g/mol. The standard InChI is InChI=1S/C11H16ClN3.2C2H6/c1-8-5-10(7-15(8)2)14-11-4-3-9(12)6-13-11;2*1-2/h3-4,6,8,10H,5,7H2,1-2H3,(H,13,14);2*1-2H3. The van der Waals surface area contributed by atoms with E-state index >= 15 is 0 Å². The van der Waals surface area contributed by atoms with Gasteiger partial charge >= 0.3 is 0 Å². The Bertz CT molecular complexity index is 317. The number of nitrogens with zero attached hydrogens (tertiary/aromatic N) is 2. The largest absolute Gasteiger partial charge is 0.366 e. The number of nitrogens with one attached hydrogen (secondary N) is 1. The summed E-state index contributed by atoms with van der Waals surface area (Å²) in [6, 6.07) is 4.93. The van der Waals surface area contributed by atoms with Gasteiger partial charge in [0.1, 0.15) is 5.82 Å². The Labute approximate surface area is 123 Å². The van der Waals surface area contributed by atoms with Gasteiger partial charge in [-0.3, -0.25) is 0 Å². The number of aromatic nitrogens is 1. The van der Waals surface area contributed by atoms with Crippen LogP contribution in [-0.2, 0) is 0 Å². The maximum atomic E-state index is 5.78. The predicted octanol–water partition coefficient (Wildman–Crippen LogP) is 4.29. The number of hydrogen-bond acceptors (Lipinski definition) is 3. The minimum absolute atomic E-state index is 0.499. The van der Waals surface area contributed by atoms with Crippen LogP contribution in [-0.4, -0.2) is 35.6 Å². The third kappa shape index (κ3) is 6.26. The fourth-order valence-electron chi connectivity index (χ4n) is 1.97. The van der Waals surface area contributed by atoms with Crippen molar-refractivity contribution < 1.29 is 0 Å². The summed E-state index contributed by atoms with van der Waals surface area (Å²) in [7, 11) is 2.15. The van der Waals surface area contributed by atoms with Crippen molar-refractivity contribution in [3.63, 3.8) is 0 Å². The number of likely N-dealkylation sites (tertiary alicyclic amines) is 1. The lowest BCUT2D eigenvalue weighted by molar-refractivity contribution is 0.330. The van der Waals surface area contributed by atoms with Gasteiger partial charge in [-0.2, -0.15) is 0 Å². The number of anilines is 1. The quantitative estimate of drug-likeness (QED) is 0.878. The highest BCUT2D eigenvalue weighted by Gasteiger charge is 2.25. The molecule has 1 N–H and O–H groups in total. The molecule has 1 aliphatic rings. The Morgan fingerprint density at radius 1 is 1.26 bits per heavy atom. The van der Waals surface area contributed by atoms with Gasteiger partial charge in [-0.25, -0.2) is 4.98 Å². The first-order valence-electron chi connectivity index (χ1n) is 7.23. The summed E-state index contributed by atoms with van der Waals surface area (Å²) < 4.78 is 0. The van der Waals surface area contributed by atoms with E-state index in [-0.39, 0.29) is 0 Å².